The van der Waals surface area contributed by atoms with E-state index in [1.54, 1.807) is 36.1 Å². The molecule has 0 fully saturated rings. The van der Waals surface area contributed by atoms with Gasteiger partial charge in [0, 0.05) is 23.9 Å². The molecule has 4 nitrogen and oxygen atoms in total. The zero-order valence-corrected chi connectivity index (χ0v) is 18.2. The van der Waals surface area contributed by atoms with Crippen molar-refractivity contribution in [2.45, 2.75) is 38.6 Å². The van der Waals surface area contributed by atoms with E-state index in [4.69, 9.17) is 11.6 Å². The van der Waals surface area contributed by atoms with Gasteiger partial charge in [-0.1, -0.05) is 42.8 Å². The predicted molar refractivity (Wildman–Crippen MR) is 117 cm³/mol. The van der Waals surface area contributed by atoms with Crippen LogP contribution in [-0.4, -0.2) is 35.1 Å². The van der Waals surface area contributed by atoms with Gasteiger partial charge in [0.1, 0.15) is 11.9 Å². The van der Waals surface area contributed by atoms with Crippen molar-refractivity contribution in [1.29, 1.82) is 0 Å². The number of carbonyl (C=O) groups is 2. The SMILES string of the molecule is CCCNC(=O)C(C)N(Cc1cccc(Cl)c1)C(=O)CSCc1ccc(F)cc1. The van der Waals surface area contributed by atoms with Crippen LogP contribution in [0.5, 0.6) is 0 Å². The Bertz CT molecular complexity index is 817. The third-order valence-corrected chi connectivity index (χ3v) is 5.59. The predicted octanol–water partition coefficient (Wildman–Crippen LogP) is 4.66. The molecule has 7 heteroatoms. The van der Waals surface area contributed by atoms with Crippen molar-refractivity contribution in [1.82, 2.24) is 10.2 Å². The number of rotatable bonds is 10. The largest absolute Gasteiger partial charge is 0.354 e. The molecule has 1 atom stereocenters. The standard InChI is InChI=1S/C22H26ClFN2O2S/c1-3-11-25-22(28)16(2)26(13-18-5-4-6-19(23)12-18)21(27)15-29-14-17-7-9-20(24)10-8-17/h4-10,12,16H,3,11,13-15H2,1-2H3,(H,25,28). The molecule has 0 radical (unpaired) electrons. The summed E-state index contributed by atoms with van der Waals surface area (Å²) in [4.78, 5) is 27.0. The molecule has 156 valence electrons. The van der Waals surface area contributed by atoms with Crippen LogP contribution in [0.4, 0.5) is 4.39 Å². The van der Waals surface area contributed by atoms with Crippen molar-refractivity contribution in [3.8, 4) is 0 Å². The van der Waals surface area contributed by atoms with Crippen LogP contribution in [-0.2, 0) is 21.9 Å². The Kier molecular flexibility index (Phi) is 9.48. The normalized spacial score (nSPS) is 11.7. The fraction of sp³-hybridized carbons (Fsp3) is 0.364. The van der Waals surface area contributed by atoms with Crippen molar-refractivity contribution in [2.75, 3.05) is 12.3 Å². The maximum Gasteiger partial charge on any atom is 0.242 e. The molecular formula is C22H26ClFN2O2S. The van der Waals surface area contributed by atoms with E-state index in [-0.39, 0.29) is 23.4 Å². The minimum absolute atomic E-state index is 0.128. The number of nitrogens with zero attached hydrogens (tertiary/aromatic N) is 1. The number of hydrogen-bond donors (Lipinski definition) is 1. The summed E-state index contributed by atoms with van der Waals surface area (Å²) in [6, 6.07) is 12.9. The third kappa shape index (κ3) is 7.71. The summed E-state index contributed by atoms with van der Waals surface area (Å²) < 4.78 is 13.0. The van der Waals surface area contributed by atoms with Crippen LogP contribution in [0.15, 0.2) is 48.5 Å². The summed E-state index contributed by atoms with van der Waals surface area (Å²) in [5.41, 5.74) is 1.81. The minimum Gasteiger partial charge on any atom is -0.354 e. The van der Waals surface area contributed by atoms with Gasteiger partial charge in [-0.15, -0.1) is 11.8 Å². The van der Waals surface area contributed by atoms with Crippen molar-refractivity contribution >= 4 is 35.2 Å². The highest BCUT2D eigenvalue weighted by Gasteiger charge is 2.25. The lowest BCUT2D eigenvalue weighted by molar-refractivity contribution is -0.138. The van der Waals surface area contributed by atoms with E-state index < -0.39 is 6.04 Å². The average Bonchev–Trinajstić information content (AvgIpc) is 2.71. The quantitative estimate of drug-likeness (QED) is 0.589. The number of hydrogen-bond acceptors (Lipinski definition) is 3. The first-order valence-electron chi connectivity index (χ1n) is 9.54. The number of halogens is 2. The molecular weight excluding hydrogens is 411 g/mol. The molecule has 0 heterocycles. The van der Waals surface area contributed by atoms with E-state index >= 15 is 0 Å². The minimum atomic E-state index is -0.598. The Hall–Kier alpha value is -2.05. The van der Waals surface area contributed by atoms with Crippen molar-refractivity contribution in [3.05, 3.63) is 70.5 Å². The summed E-state index contributed by atoms with van der Waals surface area (Å²) in [6.45, 7) is 4.59. The van der Waals surface area contributed by atoms with Crippen LogP contribution in [0.25, 0.3) is 0 Å². The summed E-state index contributed by atoms with van der Waals surface area (Å²) in [5, 5.41) is 3.44. The Morgan fingerprint density at radius 1 is 1.17 bits per heavy atom. The van der Waals surface area contributed by atoms with Gasteiger partial charge in [0.05, 0.1) is 5.75 Å². The van der Waals surface area contributed by atoms with E-state index in [1.807, 2.05) is 19.1 Å². The van der Waals surface area contributed by atoms with Gasteiger partial charge in [0.25, 0.3) is 0 Å². The van der Waals surface area contributed by atoms with Crippen LogP contribution < -0.4 is 5.32 Å². The summed E-state index contributed by atoms with van der Waals surface area (Å²) in [5.74, 6) is 0.230. The highest BCUT2D eigenvalue weighted by atomic mass is 35.5. The average molecular weight is 437 g/mol. The molecule has 29 heavy (non-hydrogen) atoms. The molecule has 2 amide bonds. The lowest BCUT2D eigenvalue weighted by Crippen LogP contribution is -2.48. The molecule has 0 aliphatic carbocycles. The monoisotopic (exact) mass is 436 g/mol. The Labute approximate surface area is 180 Å². The number of amides is 2. The molecule has 0 aromatic heterocycles. The first-order valence-corrected chi connectivity index (χ1v) is 11.1. The van der Waals surface area contributed by atoms with Gasteiger partial charge >= 0.3 is 0 Å². The zero-order valence-electron chi connectivity index (χ0n) is 16.7. The van der Waals surface area contributed by atoms with Crippen LogP contribution in [0.3, 0.4) is 0 Å². The third-order valence-electron chi connectivity index (χ3n) is 4.37. The van der Waals surface area contributed by atoms with Crippen LogP contribution in [0.2, 0.25) is 5.02 Å². The second-order valence-corrected chi connectivity index (χ2v) is 8.16. The number of carbonyl (C=O) groups excluding carboxylic acids is 2. The van der Waals surface area contributed by atoms with E-state index in [0.717, 1.165) is 17.5 Å². The van der Waals surface area contributed by atoms with Gasteiger partial charge < -0.3 is 10.2 Å². The number of thioether (sulfide) groups is 1. The van der Waals surface area contributed by atoms with Crippen molar-refractivity contribution in [2.24, 2.45) is 0 Å². The van der Waals surface area contributed by atoms with E-state index in [2.05, 4.69) is 5.32 Å². The number of benzene rings is 2. The van der Waals surface area contributed by atoms with E-state index in [0.29, 0.717) is 23.9 Å². The van der Waals surface area contributed by atoms with Gasteiger partial charge in [0.15, 0.2) is 0 Å². The highest BCUT2D eigenvalue weighted by Crippen LogP contribution is 2.18. The molecule has 1 N–H and O–H groups in total. The molecule has 0 saturated carbocycles. The van der Waals surface area contributed by atoms with Gasteiger partial charge in [-0.05, 0) is 48.7 Å². The van der Waals surface area contributed by atoms with Crippen molar-refractivity contribution in [3.63, 3.8) is 0 Å². The van der Waals surface area contributed by atoms with Gasteiger partial charge in [0.2, 0.25) is 11.8 Å². The van der Waals surface area contributed by atoms with Gasteiger partial charge in [-0.25, -0.2) is 4.39 Å². The summed E-state index contributed by atoms with van der Waals surface area (Å²) in [6.07, 6.45) is 0.828. The lowest BCUT2D eigenvalue weighted by atomic mass is 10.1. The molecule has 2 rings (SSSR count). The zero-order chi connectivity index (χ0) is 21.2. The second kappa shape index (κ2) is 11.8. The first kappa shape index (κ1) is 23.2. The lowest BCUT2D eigenvalue weighted by Gasteiger charge is -2.28. The van der Waals surface area contributed by atoms with Crippen molar-refractivity contribution < 1.29 is 14.0 Å². The fourth-order valence-corrected chi connectivity index (χ4v) is 3.81. The Morgan fingerprint density at radius 3 is 2.55 bits per heavy atom. The number of nitrogens with one attached hydrogen (secondary N) is 1. The summed E-state index contributed by atoms with van der Waals surface area (Å²) >= 11 is 7.51. The van der Waals surface area contributed by atoms with E-state index in [1.165, 1.54) is 23.9 Å². The second-order valence-electron chi connectivity index (χ2n) is 6.74. The smallest absolute Gasteiger partial charge is 0.242 e. The van der Waals surface area contributed by atoms with Crippen LogP contribution in [0, 0.1) is 5.82 Å². The molecule has 0 bridgehead atoms. The van der Waals surface area contributed by atoms with Gasteiger partial charge in [-0.2, -0.15) is 0 Å². The van der Waals surface area contributed by atoms with E-state index in [9.17, 15) is 14.0 Å². The van der Waals surface area contributed by atoms with Gasteiger partial charge in [-0.3, -0.25) is 9.59 Å². The highest BCUT2D eigenvalue weighted by molar-refractivity contribution is 7.99. The fourth-order valence-electron chi connectivity index (χ4n) is 2.73. The molecule has 0 spiro atoms. The summed E-state index contributed by atoms with van der Waals surface area (Å²) in [7, 11) is 0. The Morgan fingerprint density at radius 2 is 1.90 bits per heavy atom. The molecule has 0 saturated heterocycles. The molecule has 2 aromatic rings. The maximum absolute atomic E-state index is 13.0. The van der Waals surface area contributed by atoms with Crippen LogP contribution >= 0.6 is 23.4 Å². The van der Waals surface area contributed by atoms with Crippen LogP contribution in [0.1, 0.15) is 31.4 Å². The first-order chi connectivity index (χ1) is 13.9. The Balaban J connectivity index is 2.04. The maximum atomic E-state index is 13.0. The topological polar surface area (TPSA) is 49.4 Å². The molecule has 0 aliphatic heterocycles. The molecule has 1 unspecified atom stereocenters. The molecule has 0 aliphatic rings. The molecule has 2 aromatic carbocycles.